The van der Waals surface area contributed by atoms with Crippen molar-refractivity contribution in [3.05, 3.63) is 0 Å². The van der Waals surface area contributed by atoms with E-state index in [4.69, 9.17) is 10.8 Å². The number of carbonyl (C=O) groups excluding carboxylic acids is 3. The Morgan fingerprint density at radius 3 is 1.62 bits per heavy atom. The number of rotatable bonds is 14. The molecule has 11 heteroatoms. The first-order chi connectivity index (χ1) is 13.5. The molecule has 0 radical (unpaired) electrons. The van der Waals surface area contributed by atoms with Crippen LogP contribution < -0.4 is 21.7 Å². The second-order valence-corrected chi connectivity index (χ2v) is 8.99. The maximum Gasteiger partial charge on any atom is 0.325 e. The van der Waals surface area contributed by atoms with Crippen molar-refractivity contribution in [2.75, 3.05) is 24.0 Å². The molecule has 0 aromatic rings. The Bertz CT molecular complexity index is 562. The SMILES string of the molecule is CSCCC(NC(=O)C(CCSC)NC(=O)C(N)C(C)C)C(=O)NC(C)C(=O)O. The second kappa shape index (κ2) is 14.5. The Hall–Kier alpha value is -1.46. The van der Waals surface area contributed by atoms with E-state index in [1.807, 2.05) is 26.4 Å². The lowest BCUT2D eigenvalue weighted by molar-refractivity contribution is -0.141. The van der Waals surface area contributed by atoms with Gasteiger partial charge in [-0.15, -0.1) is 0 Å². The fourth-order valence-corrected chi connectivity index (χ4v) is 3.17. The topological polar surface area (TPSA) is 151 Å². The first-order valence-corrected chi connectivity index (χ1v) is 12.2. The molecule has 29 heavy (non-hydrogen) atoms. The van der Waals surface area contributed by atoms with Crippen LogP contribution in [0.2, 0.25) is 0 Å². The van der Waals surface area contributed by atoms with Crippen LogP contribution in [-0.4, -0.2) is 77.0 Å². The van der Waals surface area contributed by atoms with Crippen LogP contribution in [0, 0.1) is 5.92 Å². The molecule has 0 saturated heterocycles. The summed E-state index contributed by atoms with van der Waals surface area (Å²) in [4.78, 5) is 48.5. The summed E-state index contributed by atoms with van der Waals surface area (Å²) < 4.78 is 0. The van der Waals surface area contributed by atoms with E-state index < -0.39 is 47.9 Å². The van der Waals surface area contributed by atoms with E-state index in [-0.39, 0.29) is 5.92 Å². The minimum atomic E-state index is -1.17. The number of carboxylic acids is 1. The molecule has 168 valence electrons. The molecule has 0 fully saturated rings. The smallest absolute Gasteiger partial charge is 0.325 e. The van der Waals surface area contributed by atoms with Gasteiger partial charge in [-0.05, 0) is 49.7 Å². The number of hydrogen-bond donors (Lipinski definition) is 5. The van der Waals surface area contributed by atoms with Crippen LogP contribution in [0.15, 0.2) is 0 Å². The van der Waals surface area contributed by atoms with Gasteiger partial charge in [0.15, 0.2) is 0 Å². The third-order valence-corrected chi connectivity index (χ3v) is 5.53. The molecular formula is C18H34N4O5S2. The van der Waals surface area contributed by atoms with E-state index in [2.05, 4.69) is 16.0 Å². The van der Waals surface area contributed by atoms with Crippen LogP contribution in [0.5, 0.6) is 0 Å². The molecule has 0 aliphatic carbocycles. The Balaban J connectivity index is 5.24. The van der Waals surface area contributed by atoms with E-state index in [1.54, 1.807) is 0 Å². The zero-order chi connectivity index (χ0) is 22.6. The molecule has 0 rings (SSSR count). The van der Waals surface area contributed by atoms with Gasteiger partial charge < -0.3 is 26.8 Å². The molecule has 0 aromatic heterocycles. The quantitative estimate of drug-likeness (QED) is 0.249. The Labute approximate surface area is 181 Å². The summed E-state index contributed by atoms with van der Waals surface area (Å²) in [6, 6.07) is -3.55. The van der Waals surface area contributed by atoms with E-state index in [0.717, 1.165) is 0 Å². The lowest BCUT2D eigenvalue weighted by Gasteiger charge is -2.25. The van der Waals surface area contributed by atoms with Gasteiger partial charge in [-0.25, -0.2) is 0 Å². The normalized spacial score (nSPS) is 15.1. The predicted molar refractivity (Wildman–Crippen MR) is 118 cm³/mol. The minimum absolute atomic E-state index is 0.0862. The Morgan fingerprint density at radius 1 is 0.828 bits per heavy atom. The van der Waals surface area contributed by atoms with Crippen molar-refractivity contribution in [1.82, 2.24) is 16.0 Å². The van der Waals surface area contributed by atoms with Crippen molar-refractivity contribution in [2.45, 2.75) is 57.8 Å². The fourth-order valence-electron chi connectivity index (χ4n) is 2.23. The van der Waals surface area contributed by atoms with Crippen LogP contribution in [0.3, 0.4) is 0 Å². The van der Waals surface area contributed by atoms with Gasteiger partial charge in [-0.3, -0.25) is 19.2 Å². The highest BCUT2D eigenvalue weighted by atomic mass is 32.2. The standard InChI is InChI=1S/C18H34N4O5S2/c1-10(2)14(19)17(25)22-13(7-9-29-5)16(24)21-12(6-8-28-4)15(23)20-11(3)18(26)27/h10-14H,6-9,19H2,1-5H3,(H,20,23)(H,21,24)(H,22,25)(H,26,27). The van der Waals surface area contributed by atoms with Gasteiger partial charge in [-0.2, -0.15) is 23.5 Å². The number of nitrogens with one attached hydrogen (secondary N) is 3. The Kier molecular flexibility index (Phi) is 13.8. The summed E-state index contributed by atoms with van der Waals surface area (Å²) >= 11 is 3.03. The monoisotopic (exact) mass is 450 g/mol. The van der Waals surface area contributed by atoms with Crippen LogP contribution >= 0.6 is 23.5 Å². The van der Waals surface area contributed by atoms with Crippen molar-refractivity contribution in [3.8, 4) is 0 Å². The van der Waals surface area contributed by atoms with Crippen LogP contribution in [0.1, 0.15) is 33.6 Å². The molecule has 4 unspecified atom stereocenters. The zero-order valence-electron chi connectivity index (χ0n) is 17.7. The van der Waals surface area contributed by atoms with Gasteiger partial charge in [0.25, 0.3) is 0 Å². The second-order valence-electron chi connectivity index (χ2n) is 7.02. The molecule has 0 heterocycles. The first kappa shape index (κ1) is 27.5. The maximum absolute atomic E-state index is 12.8. The number of aliphatic carboxylic acids is 1. The molecule has 0 aromatic carbocycles. The van der Waals surface area contributed by atoms with Crippen molar-refractivity contribution in [3.63, 3.8) is 0 Å². The number of carboxylic acid groups (broad SMARTS) is 1. The van der Waals surface area contributed by atoms with Gasteiger partial charge in [0.1, 0.15) is 18.1 Å². The molecule has 0 spiro atoms. The van der Waals surface area contributed by atoms with Gasteiger partial charge in [0, 0.05) is 0 Å². The first-order valence-electron chi connectivity index (χ1n) is 9.42. The number of hydrogen-bond acceptors (Lipinski definition) is 7. The van der Waals surface area contributed by atoms with Crippen LogP contribution in [0.4, 0.5) is 0 Å². The number of carbonyl (C=O) groups is 4. The highest BCUT2D eigenvalue weighted by molar-refractivity contribution is 7.98. The fraction of sp³-hybridized carbons (Fsp3) is 0.778. The highest BCUT2D eigenvalue weighted by Gasteiger charge is 2.29. The molecule has 0 aliphatic heterocycles. The van der Waals surface area contributed by atoms with E-state index >= 15 is 0 Å². The third kappa shape index (κ3) is 10.8. The average molecular weight is 451 g/mol. The number of thioether (sulfide) groups is 2. The Morgan fingerprint density at radius 2 is 1.24 bits per heavy atom. The summed E-state index contributed by atoms with van der Waals surface area (Å²) in [7, 11) is 0. The van der Waals surface area contributed by atoms with Crippen LogP contribution in [-0.2, 0) is 19.2 Å². The highest BCUT2D eigenvalue weighted by Crippen LogP contribution is 2.07. The minimum Gasteiger partial charge on any atom is -0.480 e. The summed E-state index contributed by atoms with van der Waals surface area (Å²) in [5, 5.41) is 16.7. The largest absolute Gasteiger partial charge is 0.480 e. The van der Waals surface area contributed by atoms with Crippen molar-refractivity contribution >= 4 is 47.2 Å². The third-order valence-electron chi connectivity index (χ3n) is 4.24. The molecule has 3 amide bonds. The van der Waals surface area contributed by atoms with Gasteiger partial charge in [-0.1, -0.05) is 13.8 Å². The number of amides is 3. The number of nitrogens with two attached hydrogens (primary N) is 1. The van der Waals surface area contributed by atoms with E-state index in [0.29, 0.717) is 24.3 Å². The molecule has 4 atom stereocenters. The van der Waals surface area contributed by atoms with Crippen molar-refractivity contribution in [2.24, 2.45) is 11.7 Å². The lowest BCUT2D eigenvalue weighted by atomic mass is 10.0. The molecule has 9 nitrogen and oxygen atoms in total. The molecule has 0 saturated carbocycles. The molecular weight excluding hydrogens is 416 g/mol. The molecule has 0 bridgehead atoms. The van der Waals surface area contributed by atoms with Gasteiger partial charge in [0.2, 0.25) is 17.7 Å². The zero-order valence-corrected chi connectivity index (χ0v) is 19.3. The van der Waals surface area contributed by atoms with E-state index in [9.17, 15) is 19.2 Å². The van der Waals surface area contributed by atoms with Crippen LogP contribution in [0.25, 0.3) is 0 Å². The average Bonchev–Trinajstić information content (AvgIpc) is 2.66. The summed E-state index contributed by atoms with van der Waals surface area (Å²) in [6.07, 6.45) is 4.47. The summed E-state index contributed by atoms with van der Waals surface area (Å²) in [6.45, 7) is 4.98. The van der Waals surface area contributed by atoms with Crippen molar-refractivity contribution in [1.29, 1.82) is 0 Å². The summed E-state index contributed by atoms with van der Waals surface area (Å²) in [5.74, 6) is -1.51. The molecule has 6 N–H and O–H groups in total. The van der Waals surface area contributed by atoms with Crippen molar-refractivity contribution < 1.29 is 24.3 Å². The van der Waals surface area contributed by atoms with Gasteiger partial charge in [0.05, 0.1) is 6.04 Å². The maximum atomic E-state index is 12.8. The summed E-state index contributed by atoms with van der Waals surface area (Å²) in [5.41, 5.74) is 5.86. The van der Waals surface area contributed by atoms with E-state index in [1.165, 1.54) is 30.4 Å². The predicted octanol–water partition coefficient (Wildman–Crippen LogP) is 0.0348. The lowest BCUT2D eigenvalue weighted by Crippen LogP contribution is -2.57. The molecule has 0 aliphatic rings. The van der Waals surface area contributed by atoms with Gasteiger partial charge >= 0.3 is 5.97 Å².